The number of nitrogens with one attached hydrogen (secondary N) is 1. The highest BCUT2D eigenvalue weighted by atomic mass is 35.5. The van der Waals surface area contributed by atoms with Gasteiger partial charge in [-0.25, -0.2) is 0 Å². The maximum atomic E-state index is 11.9. The molecule has 0 bridgehead atoms. The van der Waals surface area contributed by atoms with Gasteiger partial charge in [0.1, 0.15) is 0 Å². The second kappa shape index (κ2) is 4.82. The molecule has 0 saturated heterocycles. The fourth-order valence-electron chi connectivity index (χ4n) is 1.23. The molecule has 0 unspecified atom stereocenters. The first-order chi connectivity index (χ1) is 7.29. The number of benzene rings is 1. The average Bonchev–Trinajstić information content (AvgIpc) is 2.11. The van der Waals surface area contributed by atoms with Crippen LogP contribution < -0.4 is 11.1 Å². The van der Waals surface area contributed by atoms with E-state index >= 15 is 0 Å². The van der Waals surface area contributed by atoms with Gasteiger partial charge in [-0.05, 0) is 24.6 Å². The molecule has 0 spiro atoms. The Morgan fingerprint density at radius 2 is 2.00 bits per heavy atom. The van der Waals surface area contributed by atoms with Crippen LogP contribution in [-0.2, 0) is 0 Å². The van der Waals surface area contributed by atoms with Gasteiger partial charge in [-0.15, -0.1) is 0 Å². The Morgan fingerprint density at radius 1 is 1.38 bits per heavy atom. The van der Waals surface area contributed by atoms with E-state index in [0.29, 0.717) is 16.4 Å². The number of aryl methyl sites for hydroxylation is 1. The van der Waals surface area contributed by atoms with Gasteiger partial charge in [0.2, 0.25) is 0 Å². The van der Waals surface area contributed by atoms with E-state index in [1.807, 2.05) is 0 Å². The molecule has 0 radical (unpaired) electrons. The minimum absolute atomic E-state index is 0.176. The summed E-state index contributed by atoms with van der Waals surface area (Å²) in [5, 5.41) is 3.01. The maximum Gasteiger partial charge on any atom is 0.390 e. The van der Waals surface area contributed by atoms with Crippen LogP contribution in [0.25, 0.3) is 0 Å². The lowest BCUT2D eigenvalue weighted by molar-refractivity contribution is -0.131. The Balaban J connectivity index is 2.64. The van der Waals surface area contributed by atoms with Gasteiger partial charge in [-0.1, -0.05) is 11.6 Å². The van der Waals surface area contributed by atoms with Crippen LogP contribution in [-0.4, -0.2) is 12.7 Å². The number of halogens is 4. The van der Waals surface area contributed by atoms with Crippen LogP contribution in [0, 0.1) is 6.92 Å². The molecule has 16 heavy (non-hydrogen) atoms. The molecule has 1 aromatic rings. The number of rotatable bonds is 3. The lowest BCUT2D eigenvalue weighted by atomic mass is 10.1. The van der Waals surface area contributed by atoms with Crippen molar-refractivity contribution in [2.24, 2.45) is 0 Å². The average molecular weight is 253 g/mol. The molecule has 6 heteroatoms. The summed E-state index contributed by atoms with van der Waals surface area (Å²) in [6.07, 6.45) is -5.03. The first kappa shape index (κ1) is 13.0. The summed E-state index contributed by atoms with van der Waals surface area (Å²) < 4.78 is 35.7. The topological polar surface area (TPSA) is 38.0 Å². The van der Waals surface area contributed by atoms with Crippen molar-refractivity contribution in [1.82, 2.24) is 0 Å². The molecule has 0 fully saturated rings. The second-order valence-corrected chi connectivity index (χ2v) is 3.89. The molecule has 0 heterocycles. The molecule has 0 amide bonds. The van der Waals surface area contributed by atoms with E-state index < -0.39 is 12.6 Å². The zero-order chi connectivity index (χ0) is 12.3. The van der Waals surface area contributed by atoms with Crippen LogP contribution in [0.2, 0.25) is 5.02 Å². The standard InChI is InChI=1S/C10H12ClF3N2/c1-6-4-8(15)7(11)5-9(6)16-3-2-10(12,13)14/h4-5,16H,2-3,15H2,1H3. The van der Waals surface area contributed by atoms with Gasteiger partial charge < -0.3 is 11.1 Å². The van der Waals surface area contributed by atoms with Crippen LogP contribution in [0.15, 0.2) is 12.1 Å². The molecule has 90 valence electrons. The van der Waals surface area contributed by atoms with E-state index in [0.717, 1.165) is 5.56 Å². The van der Waals surface area contributed by atoms with Gasteiger partial charge in [0.15, 0.2) is 0 Å². The summed E-state index contributed by atoms with van der Waals surface area (Å²) in [6, 6.07) is 3.15. The summed E-state index contributed by atoms with van der Waals surface area (Å²) >= 11 is 5.77. The normalized spacial score (nSPS) is 11.6. The number of alkyl halides is 3. The van der Waals surface area contributed by atoms with Crippen molar-refractivity contribution in [3.8, 4) is 0 Å². The molecule has 1 rings (SSSR count). The lowest BCUT2D eigenvalue weighted by Gasteiger charge is -2.12. The van der Waals surface area contributed by atoms with Crippen LogP contribution in [0.3, 0.4) is 0 Å². The Bertz CT molecular complexity index is 377. The highest BCUT2D eigenvalue weighted by molar-refractivity contribution is 6.33. The zero-order valence-electron chi connectivity index (χ0n) is 8.66. The number of hydrogen-bond acceptors (Lipinski definition) is 2. The van der Waals surface area contributed by atoms with Gasteiger partial charge in [-0.2, -0.15) is 13.2 Å². The minimum atomic E-state index is -4.15. The predicted octanol–water partition coefficient (Wildman–Crippen LogP) is 3.59. The van der Waals surface area contributed by atoms with Crippen molar-refractivity contribution in [2.45, 2.75) is 19.5 Å². The van der Waals surface area contributed by atoms with Crippen molar-refractivity contribution in [2.75, 3.05) is 17.6 Å². The van der Waals surface area contributed by atoms with Gasteiger partial charge in [0, 0.05) is 12.2 Å². The second-order valence-electron chi connectivity index (χ2n) is 3.48. The minimum Gasteiger partial charge on any atom is -0.398 e. The van der Waals surface area contributed by atoms with Crippen molar-refractivity contribution in [3.63, 3.8) is 0 Å². The third-order valence-corrected chi connectivity index (χ3v) is 2.39. The smallest absolute Gasteiger partial charge is 0.390 e. The Morgan fingerprint density at radius 3 is 2.56 bits per heavy atom. The fraction of sp³-hybridized carbons (Fsp3) is 0.400. The molecule has 2 nitrogen and oxygen atoms in total. The summed E-state index contributed by atoms with van der Waals surface area (Å²) in [6.45, 7) is 1.58. The monoisotopic (exact) mass is 252 g/mol. The number of hydrogen-bond donors (Lipinski definition) is 2. The van der Waals surface area contributed by atoms with E-state index in [-0.39, 0.29) is 6.54 Å². The molecule has 0 aromatic heterocycles. The predicted molar refractivity (Wildman–Crippen MR) is 59.8 cm³/mol. The van der Waals surface area contributed by atoms with Gasteiger partial charge in [-0.3, -0.25) is 0 Å². The Hall–Kier alpha value is -1.10. The summed E-state index contributed by atoms with van der Waals surface area (Å²) in [5.74, 6) is 0. The van der Waals surface area contributed by atoms with E-state index in [2.05, 4.69) is 5.32 Å². The Kier molecular flexibility index (Phi) is 3.91. The van der Waals surface area contributed by atoms with Crippen molar-refractivity contribution < 1.29 is 13.2 Å². The molecule has 0 aliphatic rings. The van der Waals surface area contributed by atoms with E-state index in [9.17, 15) is 13.2 Å². The molecule has 0 aliphatic carbocycles. The molecule has 1 aromatic carbocycles. The molecule has 0 atom stereocenters. The molecule has 3 N–H and O–H groups in total. The first-order valence-corrected chi connectivity index (χ1v) is 5.03. The van der Waals surface area contributed by atoms with E-state index in [1.54, 1.807) is 13.0 Å². The van der Waals surface area contributed by atoms with Crippen molar-refractivity contribution in [3.05, 3.63) is 22.7 Å². The number of nitrogen functional groups attached to an aromatic ring is 1. The highest BCUT2D eigenvalue weighted by Gasteiger charge is 2.26. The van der Waals surface area contributed by atoms with Crippen LogP contribution in [0.1, 0.15) is 12.0 Å². The van der Waals surface area contributed by atoms with Gasteiger partial charge >= 0.3 is 6.18 Å². The number of nitrogens with two attached hydrogens (primary N) is 1. The molecular formula is C10H12ClF3N2. The van der Waals surface area contributed by atoms with Crippen molar-refractivity contribution in [1.29, 1.82) is 0 Å². The van der Waals surface area contributed by atoms with Crippen molar-refractivity contribution >= 4 is 23.0 Å². The van der Waals surface area contributed by atoms with E-state index in [1.165, 1.54) is 6.07 Å². The molecule has 0 saturated carbocycles. The molecule has 0 aliphatic heterocycles. The lowest BCUT2D eigenvalue weighted by Crippen LogP contribution is -2.15. The van der Waals surface area contributed by atoms with Crippen LogP contribution in [0.4, 0.5) is 24.5 Å². The summed E-state index contributed by atoms with van der Waals surface area (Å²) in [7, 11) is 0. The quantitative estimate of drug-likeness (QED) is 0.807. The van der Waals surface area contributed by atoms with E-state index in [4.69, 9.17) is 17.3 Å². The van der Waals surface area contributed by atoms with Gasteiger partial charge in [0.05, 0.1) is 17.1 Å². The zero-order valence-corrected chi connectivity index (χ0v) is 9.41. The maximum absolute atomic E-state index is 11.9. The fourth-order valence-corrected chi connectivity index (χ4v) is 1.40. The highest BCUT2D eigenvalue weighted by Crippen LogP contribution is 2.27. The largest absolute Gasteiger partial charge is 0.398 e. The summed E-state index contributed by atoms with van der Waals surface area (Å²) in [4.78, 5) is 0. The molecular weight excluding hydrogens is 241 g/mol. The SMILES string of the molecule is Cc1cc(N)c(Cl)cc1NCCC(F)(F)F. The Labute approximate surface area is 96.6 Å². The summed E-state index contributed by atoms with van der Waals surface area (Å²) in [5.41, 5.74) is 7.31. The third kappa shape index (κ3) is 3.81. The third-order valence-electron chi connectivity index (χ3n) is 2.07. The van der Waals surface area contributed by atoms with Crippen LogP contribution >= 0.6 is 11.6 Å². The first-order valence-electron chi connectivity index (χ1n) is 4.66. The number of anilines is 2. The van der Waals surface area contributed by atoms with Gasteiger partial charge in [0.25, 0.3) is 0 Å². The van der Waals surface area contributed by atoms with Crippen LogP contribution in [0.5, 0.6) is 0 Å².